The first-order valence-electron chi connectivity index (χ1n) is 5.68. The summed E-state index contributed by atoms with van der Waals surface area (Å²) in [6.07, 6.45) is -5.96. The van der Waals surface area contributed by atoms with Crippen LogP contribution in [-0.2, 0) is 4.57 Å². The molecule has 0 aromatic rings. The van der Waals surface area contributed by atoms with Gasteiger partial charge in [0.15, 0.2) is 0 Å². The molecule has 28 heavy (non-hydrogen) atoms. The predicted octanol–water partition coefficient (Wildman–Crippen LogP) is 4.83. The lowest BCUT2D eigenvalue weighted by atomic mass is 9.91. The Morgan fingerprint density at radius 2 is 0.786 bits per heavy atom. The van der Waals surface area contributed by atoms with Crippen molar-refractivity contribution in [2.45, 2.75) is 47.6 Å². The molecule has 0 atom stereocenters. The van der Waals surface area contributed by atoms with Crippen LogP contribution < -0.4 is 0 Å². The van der Waals surface area contributed by atoms with Crippen molar-refractivity contribution in [3.05, 3.63) is 0 Å². The molecular formula is C8H3F16O3P. The summed E-state index contributed by atoms with van der Waals surface area (Å²) >= 11 is 0. The number of hydrogen-bond donors (Lipinski definition) is 2. The van der Waals surface area contributed by atoms with Crippen molar-refractivity contribution < 1.29 is 84.6 Å². The van der Waals surface area contributed by atoms with Crippen LogP contribution in [0, 0.1) is 0 Å². The van der Waals surface area contributed by atoms with Gasteiger partial charge in [-0.15, -0.1) is 0 Å². The summed E-state index contributed by atoms with van der Waals surface area (Å²) in [6.45, 7) is 0. The van der Waals surface area contributed by atoms with Crippen molar-refractivity contribution in [2.24, 2.45) is 0 Å². The quantitative estimate of drug-likeness (QED) is 0.385. The molecular weight excluding hydrogens is 479 g/mol. The maximum atomic E-state index is 13.1. The van der Waals surface area contributed by atoms with E-state index in [1.165, 1.54) is 0 Å². The van der Waals surface area contributed by atoms with Gasteiger partial charge < -0.3 is 9.79 Å². The highest BCUT2D eigenvalue weighted by molar-refractivity contribution is 7.53. The lowest BCUT2D eigenvalue weighted by molar-refractivity contribution is -0.442. The van der Waals surface area contributed by atoms with Crippen LogP contribution in [0.4, 0.5) is 70.2 Å². The van der Waals surface area contributed by atoms with Crippen molar-refractivity contribution in [3.63, 3.8) is 0 Å². The molecule has 0 radical (unpaired) electrons. The fourth-order valence-electron chi connectivity index (χ4n) is 1.31. The summed E-state index contributed by atoms with van der Waals surface area (Å²) < 4.78 is 214. The summed E-state index contributed by atoms with van der Waals surface area (Å²) in [4.78, 5) is 15.6. The zero-order valence-electron chi connectivity index (χ0n) is 11.9. The molecule has 0 fully saturated rings. The third-order valence-corrected chi connectivity index (χ3v) is 4.03. The van der Waals surface area contributed by atoms with Gasteiger partial charge in [-0.2, -0.15) is 61.5 Å². The van der Waals surface area contributed by atoms with E-state index < -0.39 is 55.2 Å². The van der Waals surface area contributed by atoms with E-state index in [1.54, 1.807) is 0 Å². The van der Waals surface area contributed by atoms with Gasteiger partial charge in [0, 0.05) is 0 Å². The SMILES string of the molecule is O=P(O)(O)C(F)(F)C(F)(F)C(F)(F)C(F)(F)C(F)(F)C(F)(F)C(F)(F)C(F)F. The second-order valence-electron chi connectivity index (χ2n) is 4.88. The Morgan fingerprint density at radius 1 is 0.536 bits per heavy atom. The van der Waals surface area contributed by atoms with Crippen LogP contribution >= 0.6 is 7.60 Å². The lowest BCUT2D eigenvalue weighted by Crippen LogP contribution is -2.73. The molecule has 0 aliphatic rings. The minimum atomic E-state index is -8.68. The molecule has 0 unspecified atom stereocenters. The van der Waals surface area contributed by atoms with Gasteiger partial charge in [0.1, 0.15) is 0 Å². The molecule has 3 nitrogen and oxygen atoms in total. The van der Waals surface area contributed by atoms with E-state index in [1.807, 2.05) is 0 Å². The third-order valence-electron chi connectivity index (χ3n) is 3.01. The summed E-state index contributed by atoms with van der Waals surface area (Å²) in [6, 6.07) is 0. The fraction of sp³-hybridized carbons (Fsp3) is 1.00. The van der Waals surface area contributed by atoms with Crippen molar-refractivity contribution in [1.29, 1.82) is 0 Å². The molecule has 0 aromatic carbocycles. The highest BCUT2D eigenvalue weighted by Crippen LogP contribution is 2.68. The normalized spacial score (nSPS) is 16.7. The van der Waals surface area contributed by atoms with Gasteiger partial charge in [0.2, 0.25) is 0 Å². The Balaban J connectivity index is 6.76. The number of hydrogen-bond acceptors (Lipinski definition) is 1. The molecule has 0 amide bonds. The number of rotatable bonds is 8. The highest BCUT2D eigenvalue weighted by Gasteiger charge is 2.95. The first-order valence-corrected chi connectivity index (χ1v) is 7.29. The third kappa shape index (κ3) is 3.12. The second-order valence-corrected chi connectivity index (χ2v) is 6.53. The van der Waals surface area contributed by atoms with E-state index in [4.69, 9.17) is 9.79 Å². The van der Waals surface area contributed by atoms with Crippen LogP contribution in [-0.4, -0.2) is 57.4 Å². The van der Waals surface area contributed by atoms with E-state index in [0.717, 1.165) is 0 Å². The average Bonchev–Trinajstić information content (AvgIpc) is 2.44. The fourth-order valence-corrected chi connectivity index (χ4v) is 1.82. The molecule has 0 heterocycles. The molecule has 2 N–H and O–H groups in total. The van der Waals surface area contributed by atoms with Crippen LogP contribution in [0.1, 0.15) is 0 Å². The van der Waals surface area contributed by atoms with Gasteiger partial charge in [-0.05, 0) is 0 Å². The highest BCUT2D eigenvalue weighted by atomic mass is 31.2. The maximum Gasteiger partial charge on any atom is 0.413 e. The molecule has 0 aliphatic carbocycles. The smallest absolute Gasteiger partial charge is 0.320 e. The van der Waals surface area contributed by atoms with Crippen LogP contribution in [0.15, 0.2) is 0 Å². The molecule has 0 spiro atoms. The predicted molar refractivity (Wildman–Crippen MR) is 52.7 cm³/mol. The van der Waals surface area contributed by atoms with Gasteiger partial charge in [-0.25, -0.2) is 8.78 Å². The summed E-state index contributed by atoms with van der Waals surface area (Å²) in [5, 5.41) is 0. The molecule has 20 heteroatoms. The second kappa shape index (κ2) is 6.52. The molecule has 0 saturated heterocycles. The van der Waals surface area contributed by atoms with E-state index in [9.17, 15) is 74.8 Å². The number of halogens is 16. The largest absolute Gasteiger partial charge is 0.413 e. The molecule has 0 saturated carbocycles. The minimum absolute atomic E-state index is 5.96. The van der Waals surface area contributed by atoms with Crippen molar-refractivity contribution in [3.8, 4) is 0 Å². The van der Waals surface area contributed by atoms with Crippen LogP contribution in [0.25, 0.3) is 0 Å². The Bertz CT molecular complexity index is 636. The summed E-state index contributed by atoms with van der Waals surface area (Å²) in [7, 11) is -7.89. The maximum absolute atomic E-state index is 13.1. The topological polar surface area (TPSA) is 57.5 Å². The van der Waals surface area contributed by atoms with E-state index in [2.05, 4.69) is 0 Å². The van der Waals surface area contributed by atoms with E-state index in [-0.39, 0.29) is 0 Å². The summed E-state index contributed by atoms with van der Waals surface area (Å²) in [5.74, 6) is -49.9. The molecule has 0 bridgehead atoms. The molecule has 0 aliphatic heterocycles. The van der Waals surface area contributed by atoms with Crippen molar-refractivity contribution in [1.82, 2.24) is 0 Å². The van der Waals surface area contributed by atoms with Crippen LogP contribution in [0.5, 0.6) is 0 Å². The van der Waals surface area contributed by atoms with Crippen LogP contribution in [0.3, 0.4) is 0 Å². The lowest BCUT2D eigenvalue weighted by Gasteiger charge is -2.42. The Labute approximate surface area is 141 Å². The van der Waals surface area contributed by atoms with Crippen molar-refractivity contribution >= 4 is 7.60 Å². The van der Waals surface area contributed by atoms with Gasteiger partial charge >= 0.3 is 55.2 Å². The van der Waals surface area contributed by atoms with Gasteiger partial charge in [-0.1, -0.05) is 0 Å². The zero-order valence-corrected chi connectivity index (χ0v) is 12.8. The molecule has 170 valence electrons. The minimum Gasteiger partial charge on any atom is -0.320 e. The average molecular weight is 482 g/mol. The first kappa shape index (κ1) is 27.0. The molecule has 0 rings (SSSR count). The van der Waals surface area contributed by atoms with E-state index in [0.29, 0.717) is 0 Å². The summed E-state index contributed by atoms with van der Waals surface area (Å²) in [5.41, 5.74) is -7.62. The Kier molecular flexibility index (Phi) is 6.29. The molecule has 0 aromatic heterocycles. The van der Waals surface area contributed by atoms with Crippen LogP contribution in [0.2, 0.25) is 0 Å². The van der Waals surface area contributed by atoms with Gasteiger partial charge in [0.25, 0.3) is 0 Å². The van der Waals surface area contributed by atoms with Gasteiger partial charge in [-0.3, -0.25) is 4.57 Å². The number of alkyl halides is 16. The van der Waals surface area contributed by atoms with E-state index >= 15 is 0 Å². The zero-order chi connectivity index (χ0) is 23.6. The standard InChI is InChI=1S/C8H3F16O3P/c9-1(10)2(11,12)3(13,14)4(15,16)5(17,18)6(19,20)7(21,22)8(23,24)28(25,26)27/h1H,(H2,25,26,27). The van der Waals surface area contributed by atoms with Crippen molar-refractivity contribution in [2.75, 3.05) is 0 Å². The first-order chi connectivity index (χ1) is 11.7. The monoisotopic (exact) mass is 482 g/mol. The Hall–Kier alpha value is -0.970. The Morgan fingerprint density at radius 3 is 1.04 bits per heavy atom. The van der Waals surface area contributed by atoms with Gasteiger partial charge in [0.05, 0.1) is 0 Å².